The third-order valence-electron chi connectivity index (χ3n) is 3.48. The molecule has 0 spiro atoms. The molecule has 2 bridgehead atoms. The predicted octanol–water partition coefficient (Wildman–Crippen LogP) is 1.24. The second-order valence-electron chi connectivity index (χ2n) is 6.07. The summed E-state index contributed by atoms with van der Waals surface area (Å²) in [6, 6.07) is 0.387. The summed E-state index contributed by atoms with van der Waals surface area (Å²) >= 11 is 0. The fourth-order valence-corrected chi connectivity index (χ4v) is 2.57. The van der Waals surface area contributed by atoms with E-state index < -0.39 is 0 Å². The van der Waals surface area contributed by atoms with Crippen LogP contribution in [0.1, 0.15) is 33.6 Å². The number of carbonyl (C=O) groups is 1. The van der Waals surface area contributed by atoms with E-state index in [-0.39, 0.29) is 11.3 Å². The molecule has 2 aliphatic rings. The van der Waals surface area contributed by atoms with Crippen LogP contribution in [0.2, 0.25) is 0 Å². The maximum Gasteiger partial charge on any atom is 0.225 e. The Morgan fingerprint density at radius 1 is 1.33 bits per heavy atom. The van der Waals surface area contributed by atoms with Gasteiger partial charge in [0.25, 0.3) is 0 Å². The van der Waals surface area contributed by atoms with E-state index in [9.17, 15) is 4.79 Å². The summed E-state index contributed by atoms with van der Waals surface area (Å²) in [4.78, 5) is 14.3. The number of fused-ring (bicyclic) bond motifs is 2. The number of hydrogen-bond acceptors (Lipinski definition) is 2. The molecule has 2 rings (SSSR count). The molecule has 3 nitrogen and oxygen atoms in total. The number of nitrogens with zero attached hydrogens (tertiary/aromatic N) is 1. The molecule has 86 valence electrons. The summed E-state index contributed by atoms with van der Waals surface area (Å²) in [5.74, 6) is 1.01. The molecule has 2 saturated heterocycles. The van der Waals surface area contributed by atoms with Crippen LogP contribution in [-0.2, 0) is 4.79 Å². The van der Waals surface area contributed by atoms with E-state index in [0.29, 0.717) is 6.04 Å². The van der Waals surface area contributed by atoms with Gasteiger partial charge in [-0.15, -0.1) is 0 Å². The van der Waals surface area contributed by atoms with Crippen molar-refractivity contribution in [1.29, 1.82) is 0 Å². The Kier molecular flexibility index (Phi) is 2.75. The van der Waals surface area contributed by atoms with Crippen molar-refractivity contribution in [2.24, 2.45) is 11.3 Å². The molecule has 1 amide bonds. The first kappa shape index (κ1) is 10.9. The normalized spacial score (nSPS) is 35.3. The molecule has 0 aromatic heterocycles. The van der Waals surface area contributed by atoms with E-state index in [0.717, 1.165) is 12.5 Å². The van der Waals surface area contributed by atoms with Crippen LogP contribution in [-0.4, -0.2) is 36.5 Å². The molecule has 3 heteroatoms. The number of nitrogens with one attached hydrogen (secondary N) is 1. The largest absolute Gasteiger partial charge is 0.352 e. The van der Waals surface area contributed by atoms with Gasteiger partial charge in [-0.05, 0) is 25.3 Å². The van der Waals surface area contributed by atoms with E-state index in [1.165, 1.54) is 25.9 Å². The highest BCUT2D eigenvalue weighted by Crippen LogP contribution is 2.27. The van der Waals surface area contributed by atoms with Crippen LogP contribution >= 0.6 is 0 Å². The van der Waals surface area contributed by atoms with Gasteiger partial charge in [0.2, 0.25) is 5.91 Å². The minimum Gasteiger partial charge on any atom is -0.352 e. The molecule has 1 N–H and O–H groups in total. The van der Waals surface area contributed by atoms with Crippen LogP contribution in [0.5, 0.6) is 0 Å². The molecule has 2 fully saturated rings. The Morgan fingerprint density at radius 3 is 2.67 bits per heavy atom. The number of piperidine rings is 1. The highest BCUT2D eigenvalue weighted by atomic mass is 16.2. The molecule has 0 aromatic rings. The summed E-state index contributed by atoms with van der Waals surface area (Å²) in [6.07, 6.45) is 2.50. The Morgan fingerprint density at radius 2 is 2.07 bits per heavy atom. The van der Waals surface area contributed by atoms with Crippen molar-refractivity contribution in [1.82, 2.24) is 10.2 Å². The lowest BCUT2D eigenvalue weighted by Crippen LogP contribution is -2.49. The van der Waals surface area contributed by atoms with E-state index in [4.69, 9.17) is 0 Å². The van der Waals surface area contributed by atoms with E-state index in [2.05, 4.69) is 10.2 Å². The molecule has 0 radical (unpaired) electrons. The Labute approximate surface area is 92.2 Å². The summed E-state index contributed by atoms with van der Waals surface area (Å²) in [5, 5.41) is 3.18. The van der Waals surface area contributed by atoms with Crippen LogP contribution < -0.4 is 5.32 Å². The van der Waals surface area contributed by atoms with Gasteiger partial charge in [0, 0.05) is 24.5 Å². The number of amides is 1. The van der Waals surface area contributed by atoms with Crippen molar-refractivity contribution in [2.75, 3.05) is 19.6 Å². The molecular weight excluding hydrogens is 188 g/mol. The van der Waals surface area contributed by atoms with Gasteiger partial charge >= 0.3 is 0 Å². The molecule has 15 heavy (non-hydrogen) atoms. The van der Waals surface area contributed by atoms with Crippen LogP contribution in [0.3, 0.4) is 0 Å². The molecule has 2 unspecified atom stereocenters. The predicted molar refractivity (Wildman–Crippen MR) is 60.5 cm³/mol. The van der Waals surface area contributed by atoms with Gasteiger partial charge in [-0.2, -0.15) is 0 Å². The Hall–Kier alpha value is -0.570. The second kappa shape index (κ2) is 3.78. The first-order valence-electron chi connectivity index (χ1n) is 5.98. The van der Waals surface area contributed by atoms with Crippen molar-refractivity contribution in [2.45, 2.75) is 39.7 Å². The minimum atomic E-state index is -0.258. The molecule has 0 saturated carbocycles. The summed E-state index contributed by atoms with van der Waals surface area (Å²) < 4.78 is 0. The zero-order chi connectivity index (χ0) is 11.1. The van der Waals surface area contributed by atoms with E-state index in [1.807, 2.05) is 20.8 Å². The Balaban J connectivity index is 1.88. The number of rotatable bonds is 1. The second-order valence-corrected chi connectivity index (χ2v) is 6.07. The van der Waals surface area contributed by atoms with Gasteiger partial charge in [-0.3, -0.25) is 4.79 Å². The zero-order valence-electron chi connectivity index (χ0n) is 10.0. The standard InChI is InChI=1S/C12H22N2O/c1-12(2,3)11(15)13-10-6-9-4-5-14(7-9)8-10/h9-10H,4-8H2,1-3H3,(H,13,15)/t9?,10-/m0/s1. The van der Waals surface area contributed by atoms with E-state index >= 15 is 0 Å². The van der Waals surface area contributed by atoms with E-state index in [1.54, 1.807) is 0 Å². The van der Waals surface area contributed by atoms with Crippen molar-refractivity contribution >= 4 is 5.91 Å². The van der Waals surface area contributed by atoms with Gasteiger partial charge in [-0.25, -0.2) is 0 Å². The highest BCUT2D eigenvalue weighted by Gasteiger charge is 2.34. The third-order valence-corrected chi connectivity index (χ3v) is 3.48. The number of hydrogen-bond donors (Lipinski definition) is 1. The molecule has 0 aliphatic carbocycles. The lowest BCUT2D eigenvalue weighted by Gasteiger charge is -2.32. The van der Waals surface area contributed by atoms with Crippen LogP contribution in [0, 0.1) is 11.3 Å². The molecule has 2 aliphatic heterocycles. The summed E-state index contributed by atoms with van der Waals surface area (Å²) in [7, 11) is 0. The third kappa shape index (κ3) is 2.51. The van der Waals surface area contributed by atoms with Crippen molar-refractivity contribution < 1.29 is 4.79 Å². The summed E-state index contributed by atoms with van der Waals surface area (Å²) in [5.41, 5.74) is -0.258. The monoisotopic (exact) mass is 210 g/mol. The smallest absolute Gasteiger partial charge is 0.225 e. The van der Waals surface area contributed by atoms with Crippen molar-refractivity contribution in [3.63, 3.8) is 0 Å². The summed E-state index contributed by atoms with van der Waals surface area (Å²) in [6.45, 7) is 9.45. The zero-order valence-corrected chi connectivity index (χ0v) is 10.0. The van der Waals surface area contributed by atoms with Crippen molar-refractivity contribution in [3.05, 3.63) is 0 Å². The molecule has 2 heterocycles. The average molecular weight is 210 g/mol. The average Bonchev–Trinajstić information content (AvgIpc) is 2.44. The number of carbonyl (C=O) groups excluding carboxylic acids is 1. The maximum atomic E-state index is 11.8. The first-order chi connectivity index (χ1) is 6.95. The highest BCUT2D eigenvalue weighted by molar-refractivity contribution is 5.81. The maximum absolute atomic E-state index is 11.8. The molecular formula is C12H22N2O. The minimum absolute atomic E-state index is 0.190. The molecule has 3 atom stereocenters. The van der Waals surface area contributed by atoms with Gasteiger partial charge < -0.3 is 10.2 Å². The first-order valence-corrected chi connectivity index (χ1v) is 5.98. The van der Waals surface area contributed by atoms with Crippen LogP contribution in [0.4, 0.5) is 0 Å². The van der Waals surface area contributed by atoms with Gasteiger partial charge in [0.05, 0.1) is 0 Å². The van der Waals surface area contributed by atoms with Crippen LogP contribution in [0.15, 0.2) is 0 Å². The fraction of sp³-hybridized carbons (Fsp3) is 0.917. The van der Waals surface area contributed by atoms with Gasteiger partial charge in [0.1, 0.15) is 0 Å². The van der Waals surface area contributed by atoms with Gasteiger partial charge in [0.15, 0.2) is 0 Å². The van der Waals surface area contributed by atoms with Crippen LogP contribution in [0.25, 0.3) is 0 Å². The Bertz CT molecular complexity index is 245. The fourth-order valence-electron chi connectivity index (χ4n) is 2.57. The lowest BCUT2D eigenvalue weighted by molar-refractivity contribution is -0.129. The SMILES string of the molecule is CC(C)(C)C(=O)N[C@H]1CC2CCN(C2)C1. The van der Waals surface area contributed by atoms with Gasteiger partial charge in [-0.1, -0.05) is 20.8 Å². The topological polar surface area (TPSA) is 32.3 Å². The molecule has 0 aromatic carbocycles. The lowest BCUT2D eigenvalue weighted by atomic mass is 9.92. The van der Waals surface area contributed by atoms with Crippen molar-refractivity contribution in [3.8, 4) is 0 Å². The quantitative estimate of drug-likeness (QED) is 0.706.